The quantitative estimate of drug-likeness (QED) is 0.656. The molecule has 2 aromatic carbocycles. The number of benzene rings is 2. The number of amides is 1. The lowest BCUT2D eigenvalue weighted by Crippen LogP contribution is -2.36. The number of hydrogen-bond acceptors (Lipinski definition) is 6. The summed E-state index contributed by atoms with van der Waals surface area (Å²) in [7, 11) is 1.32. The Balaban J connectivity index is 1.55. The van der Waals surface area contributed by atoms with Crippen LogP contribution in [-0.4, -0.2) is 55.1 Å². The highest BCUT2D eigenvalue weighted by atomic mass is 16.5. The second-order valence-corrected chi connectivity index (χ2v) is 6.77. The van der Waals surface area contributed by atoms with Crippen LogP contribution in [-0.2, 0) is 9.47 Å². The number of morpholine rings is 1. The van der Waals surface area contributed by atoms with E-state index in [2.05, 4.69) is 15.3 Å². The molecule has 1 saturated heterocycles. The normalized spacial score (nSPS) is 13.7. The van der Waals surface area contributed by atoms with E-state index in [1.807, 2.05) is 30.5 Å². The summed E-state index contributed by atoms with van der Waals surface area (Å²) in [5.41, 5.74) is 2.92. The molecule has 0 bridgehead atoms. The first-order chi connectivity index (χ1) is 14.7. The average molecular weight is 406 g/mol. The van der Waals surface area contributed by atoms with Crippen molar-refractivity contribution in [1.82, 2.24) is 9.78 Å². The molecule has 0 spiro atoms. The average Bonchev–Trinajstić information content (AvgIpc) is 3.34. The third-order valence-corrected chi connectivity index (χ3v) is 4.93. The highest BCUT2D eigenvalue weighted by molar-refractivity contribution is 6.08. The van der Waals surface area contributed by atoms with Crippen LogP contribution in [0.5, 0.6) is 0 Å². The van der Waals surface area contributed by atoms with E-state index in [1.165, 1.54) is 7.11 Å². The fourth-order valence-corrected chi connectivity index (χ4v) is 3.32. The molecule has 1 N–H and O–H groups in total. The molecule has 0 aliphatic carbocycles. The van der Waals surface area contributed by atoms with Gasteiger partial charge < -0.3 is 19.7 Å². The maximum Gasteiger partial charge on any atom is 0.340 e. The Morgan fingerprint density at radius 3 is 2.47 bits per heavy atom. The van der Waals surface area contributed by atoms with Crippen LogP contribution in [0, 0.1) is 0 Å². The zero-order chi connectivity index (χ0) is 20.9. The first kappa shape index (κ1) is 19.7. The lowest BCUT2D eigenvalue weighted by atomic mass is 10.1. The SMILES string of the molecule is COC(=O)c1cc(N2CCOCC2)ccc1NC(=O)c1ccc(-n2cccn2)cc1. The maximum atomic E-state index is 12.7. The van der Waals surface area contributed by atoms with E-state index < -0.39 is 5.97 Å². The molecule has 8 heteroatoms. The van der Waals surface area contributed by atoms with Crippen LogP contribution in [0.4, 0.5) is 11.4 Å². The highest BCUT2D eigenvalue weighted by Crippen LogP contribution is 2.25. The van der Waals surface area contributed by atoms with E-state index in [-0.39, 0.29) is 5.91 Å². The molecule has 0 atom stereocenters. The highest BCUT2D eigenvalue weighted by Gasteiger charge is 2.19. The van der Waals surface area contributed by atoms with Gasteiger partial charge in [-0.2, -0.15) is 5.10 Å². The number of anilines is 2. The lowest BCUT2D eigenvalue weighted by Gasteiger charge is -2.29. The minimum Gasteiger partial charge on any atom is -0.465 e. The zero-order valence-corrected chi connectivity index (χ0v) is 16.6. The molecule has 3 aromatic rings. The van der Waals surface area contributed by atoms with Gasteiger partial charge in [-0.15, -0.1) is 0 Å². The number of nitrogens with zero attached hydrogens (tertiary/aromatic N) is 3. The molecule has 30 heavy (non-hydrogen) atoms. The van der Waals surface area contributed by atoms with Gasteiger partial charge in [0.15, 0.2) is 0 Å². The summed E-state index contributed by atoms with van der Waals surface area (Å²) < 4.78 is 12.0. The Morgan fingerprint density at radius 2 is 1.80 bits per heavy atom. The van der Waals surface area contributed by atoms with Gasteiger partial charge >= 0.3 is 5.97 Å². The number of methoxy groups -OCH3 is 1. The van der Waals surface area contributed by atoms with Gasteiger partial charge in [-0.05, 0) is 48.5 Å². The van der Waals surface area contributed by atoms with Crippen molar-refractivity contribution in [3.63, 3.8) is 0 Å². The lowest BCUT2D eigenvalue weighted by molar-refractivity contribution is 0.0602. The summed E-state index contributed by atoms with van der Waals surface area (Å²) in [4.78, 5) is 27.2. The van der Waals surface area contributed by atoms with Gasteiger partial charge in [0.05, 0.1) is 37.3 Å². The van der Waals surface area contributed by atoms with E-state index in [0.717, 1.165) is 24.5 Å². The van der Waals surface area contributed by atoms with E-state index in [0.29, 0.717) is 30.0 Å². The number of carbonyl (C=O) groups is 2. The first-order valence-electron chi connectivity index (χ1n) is 9.62. The predicted molar refractivity (Wildman–Crippen MR) is 112 cm³/mol. The third kappa shape index (κ3) is 4.18. The Labute approximate surface area is 174 Å². The number of ether oxygens (including phenoxy) is 2. The molecule has 154 valence electrons. The third-order valence-electron chi connectivity index (χ3n) is 4.93. The summed E-state index contributed by atoms with van der Waals surface area (Å²) in [6.07, 6.45) is 3.52. The van der Waals surface area contributed by atoms with E-state index in [1.54, 1.807) is 35.1 Å². The number of esters is 1. The fraction of sp³-hybridized carbons (Fsp3) is 0.227. The van der Waals surface area contributed by atoms with Crippen molar-refractivity contribution in [3.8, 4) is 5.69 Å². The Hall–Kier alpha value is -3.65. The molecular weight excluding hydrogens is 384 g/mol. The van der Waals surface area contributed by atoms with Crippen LogP contribution >= 0.6 is 0 Å². The van der Waals surface area contributed by atoms with Crippen molar-refractivity contribution in [1.29, 1.82) is 0 Å². The van der Waals surface area contributed by atoms with Crippen molar-refractivity contribution >= 4 is 23.3 Å². The van der Waals surface area contributed by atoms with E-state index >= 15 is 0 Å². The molecular formula is C22H22N4O4. The molecule has 2 heterocycles. The summed E-state index contributed by atoms with van der Waals surface area (Å²) in [5.74, 6) is -0.819. The van der Waals surface area contributed by atoms with Crippen molar-refractivity contribution in [2.24, 2.45) is 0 Å². The molecule has 1 aromatic heterocycles. The fourth-order valence-electron chi connectivity index (χ4n) is 3.32. The monoisotopic (exact) mass is 406 g/mol. The molecule has 0 saturated carbocycles. The predicted octanol–water partition coefficient (Wildman–Crippen LogP) is 2.75. The molecule has 1 amide bonds. The van der Waals surface area contributed by atoms with Gasteiger partial charge in [0.1, 0.15) is 0 Å². The number of hydrogen-bond donors (Lipinski definition) is 1. The largest absolute Gasteiger partial charge is 0.465 e. The molecule has 8 nitrogen and oxygen atoms in total. The topological polar surface area (TPSA) is 85.7 Å². The Morgan fingerprint density at radius 1 is 1.07 bits per heavy atom. The zero-order valence-electron chi connectivity index (χ0n) is 16.6. The maximum absolute atomic E-state index is 12.7. The van der Waals surface area contributed by atoms with Gasteiger partial charge in [0.2, 0.25) is 0 Å². The smallest absolute Gasteiger partial charge is 0.340 e. The van der Waals surface area contributed by atoms with Crippen LogP contribution in [0.1, 0.15) is 20.7 Å². The van der Waals surface area contributed by atoms with Crippen LogP contribution in [0.2, 0.25) is 0 Å². The molecule has 1 aliphatic rings. The minimum atomic E-state index is -0.505. The van der Waals surface area contributed by atoms with Gasteiger partial charge in [0, 0.05) is 36.7 Å². The first-order valence-corrected chi connectivity index (χ1v) is 9.62. The second kappa shape index (κ2) is 8.79. The van der Waals surface area contributed by atoms with Gasteiger partial charge in [-0.25, -0.2) is 9.48 Å². The number of nitrogens with one attached hydrogen (secondary N) is 1. The summed E-state index contributed by atoms with van der Waals surface area (Å²) in [6.45, 7) is 2.77. The van der Waals surface area contributed by atoms with Crippen LogP contribution < -0.4 is 10.2 Å². The van der Waals surface area contributed by atoms with Gasteiger partial charge in [-0.1, -0.05) is 0 Å². The Kier molecular flexibility index (Phi) is 5.76. The molecule has 4 rings (SSSR count). The number of carbonyl (C=O) groups excluding carboxylic acids is 2. The molecule has 0 radical (unpaired) electrons. The summed E-state index contributed by atoms with van der Waals surface area (Å²) in [6, 6.07) is 14.2. The van der Waals surface area contributed by atoms with E-state index in [4.69, 9.17) is 9.47 Å². The summed E-state index contributed by atoms with van der Waals surface area (Å²) >= 11 is 0. The van der Waals surface area contributed by atoms with Gasteiger partial charge in [-0.3, -0.25) is 4.79 Å². The number of rotatable bonds is 5. The summed E-state index contributed by atoms with van der Waals surface area (Å²) in [5, 5.41) is 6.99. The standard InChI is InChI=1S/C22H22N4O4/c1-29-22(28)19-15-18(25-11-13-30-14-12-25)7-8-20(19)24-21(27)16-3-5-17(6-4-16)26-10-2-9-23-26/h2-10,15H,11-14H2,1H3,(H,24,27). The molecule has 1 fully saturated rings. The van der Waals surface area contributed by atoms with E-state index in [9.17, 15) is 9.59 Å². The van der Waals surface area contributed by atoms with Crippen LogP contribution in [0.25, 0.3) is 5.69 Å². The van der Waals surface area contributed by atoms with Crippen molar-refractivity contribution in [2.75, 3.05) is 43.6 Å². The second-order valence-electron chi connectivity index (χ2n) is 6.77. The van der Waals surface area contributed by atoms with Crippen molar-refractivity contribution in [2.45, 2.75) is 0 Å². The van der Waals surface area contributed by atoms with Crippen molar-refractivity contribution < 1.29 is 19.1 Å². The molecule has 0 unspecified atom stereocenters. The molecule has 1 aliphatic heterocycles. The van der Waals surface area contributed by atoms with Crippen LogP contribution in [0.3, 0.4) is 0 Å². The Bertz CT molecular complexity index is 1030. The number of aromatic nitrogens is 2. The minimum absolute atomic E-state index is 0.308. The van der Waals surface area contributed by atoms with Crippen LogP contribution in [0.15, 0.2) is 60.9 Å². The van der Waals surface area contributed by atoms with Gasteiger partial charge in [0.25, 0.3) is 5.91 Å². The van der Waals surface area contributed by atoms with Crippen molar-refractivity contribution in [3.05, 3.63) is 72.1 Å².